The number of carboxylic acids is 1. The number of guanidine groups is 1. The monoisotopic (exact) mass is 1180 g/mol. The summed E-state index contributed by atoms with van der Waals surface area (Å²) >= 11 is 4.30. The van der Waals surface area contributed by atoms with Gasteiger partial charge in [-0.2, -0.15) is 12.6 Å². The van der Waals surface area contributed by atoms with Gasteiger partial charge in [0, 0.05) is 48.8 Å². The van der Waals surface area contributed by atoms with Crippen LogP contribution in [0.1, 0.15) is 83.8 Å². The summed E-state index contributed by atoms with van der Waals surface area (Å²) in [6, 6.07) is 2.97. The summed E-state index contributed by atoms with van der Waals surface area (Å²) in [6.45, 7) is 5.69. The van der Waals surface area contributed by atoms with Gasteiger partial charge in [-0.05, 0) is 86.1 Å². The normalized spacial score (nSPS) is 15.5. The second kappa shape index (κ2) is 32.8. The van der Waals surface area contributed by atoms with E-state index >= 15 is 0 Å². The van der Waals surface area contributed by atoms with Crippen LogP contribution in [0.2, 0.25) is 0 Å². The molecule has 1 fully saturated rings. The zero-order valence-corrected chi connectivity index (χ0v) is 47.8. The number of phenols is 1. The number of hydrogen-bond acceptors (Lipinski definition) is 15. The molecule has 1 saturated heterocycles. The summed E-state index contributed by atoms with van der Waals surface area (Å²) in [5.41, 5.74) is 24.9. The van der Waals surface area contributed by atoms with Gasteiger partial charge in [0.2, 0.25) is 59.1 Å². The van der Waals surface area contributed by atoms with Gasteiger partial charge in [0.05, 0.1) is 19.1 Å². The number of aromatic amines is 1. The number of H-pyrrole nitrogens is 1. The van der Waals surface area contributed by atoms with E-state index in [4.69, 9.17) is 22.9 Å². The molecular formula is C54H79N15O13S. The Morgan fingerprint density at radius 3 is 1.95 bits per heavy atom. The molecule has 0 spiro atoms. The van der Waals surface area contributed by atoms with Gasteiger partial charge < -0.3 is 85.6 Å². The molecule has 83 heavy (non-hydrogen) atoms. The number of likely N-dealkylation sites (tertiary alicyclic amines) is 1. The first-order chi connectivity index (χ1) is 39.3. The maximum atomic E-state index is 14.2. The Labute approximate surface area is 485 Å². The van der Waals surface area contributed by atoms with Gasteiger partial charge in [-0.1, -0.05) is 58.0 Å². The number of nitrogens with zero attached hydrogens (tertiary/aromatic N) is 2. The molecule has 1 aromatic heterocycles. The molecule has 3 aromatic rings. The molecule has 0 radical (unpaired) electrons. The summed E-state index contributed by atoms with van der Waals surface area (Å²) in [5, 5.41) is 40.4. The number of aliphatic carboxylic acids is 1. The topological polar surface area (TPSA) is 460 Å². The number of amides is 10. The maximum Gasteiger partial charge on any atom is 0.326 e. The van der Waals surface area contributed by atoms with Crippen molar-refractivity contribution in [3.8, 4) is 5.75 Å². The fourth-order valence-corrected chi connectivity index (χ4v) is 9.33. The number of aromatic hydroxyl groups is 1. The Morgan fingerprint density at radius 1 is 0.723 bits per heavy atom. The van der Waals surface area contributed by atoms with Gasteiger partial charge in [-0.15, -0.1) is 0 Å². The van der Waals surface area contributed by atoms with E-state index in [1.165, 1.54) is 29.2 Å². The third kappa shape index (κ3) is 21.7. The van der Waals surface area contributed by atoms with Gasteiger partial charge in [-0.25, -0.2) is 4.79 Å². The van der Waals surface area contributed by atoms with Crippen molar-refractivity contribution in [1.82, 2.24) is 52.4 Å². The Balaban J connectivity index is 1.42. The van der Waals surface area contributed by atoms with Gasteiger partial charge in [0.1, 0.15) is 48.0 Å². The minimum atomic E-state index is -1.53. The van der Waals surface area contributed by atoms with Crippen LogP contribution in [0.3, 0.4) is 0 Å². The molecule has 0 unspecified atom stereocenters. The van der Waals surface area contributed by atoms with E-state index in [2.05, 4.69) is 65.1 Å². The number of para-hydroxylation sites is 1. The van der Waals surface area contributed by atoms with Crippen molar-refractivity contribution in [3.63, 3.8) is 0 Å². The molecule has 2 aromatic carbocycles. The summed E-state index contributed by atoms with van der Waals surface area (Å²) in [7, 11) is 0. The van der Waals surface area contributed by atoms with E-state index in [-0.39, 0.29) is 81.4 Å². The van der Waals surface area contributed by atoms with Gasteiger partial charge in [-0.3, -0.25) is 52.9 Å². The smallest absolute Gasteiger partial charge is 0.326 e. The highest BCUT2D eigenvalue weighted by Crippen LogP contribution is 2.21. The van der Waals surface area contributed by atoms with Crippen LogP contribution in [-0.4, -0.2) is 171 Å². The number of primary amides is 1. The van der Waals surface area contributed by atoms with E-state index in [0.717, 1.165) is 16.5 Å². The van der Waals surface area contributed by atoms with E-state index < -0.39 is 139 Å². The van der Waals surface area contributed by atoms with Crippen LogP contribution >= 0.6 is 12.6 Å². The summed E-state index contributed by atoms with van der Waals surface area (Å²) < 4.78 is 0. The number of nitrogens with two attached hydrogens (primary N) is 4. The number of nitrogens with one attached hydrogen (secondary N) is 9. The Bertz CT molecular complexity index is 2810. The molecular weight excluding hydrogens is 1100 g/mol. The van der Waals surface area contributed by atoms with Crippen LogP contribution in [0.15, 0.2) is 59.7 Å². The van der Waals surface area contributed by atoms with Crippen molar-refractivity contribution >= 4 is 94.5 Å². The first-order valence-corrected chi connectivity index (χ1v) is 27.8. The van der Waals surface area contributed by atoms with E-state index in [0.29, 0.717) is 12.0 Å². The molecule has 0 bridgehead atoms. The molecule has 2 heterocycles. The maximum absolute atomic E-state index is 14.2. The number of phenolic OH excluding ortho intramolecular Hbond substituents is 1. The number of aliphatic imine (C=N–C) groups is 1. The number of aromatic nitrogens is 1. The third-order valence-electron chi connectivity index (χ3n) is 13.4. The lowest BCUT2D eigenvalue weighted by Crippen LogP contribution is -2.60. The van der Waals surface area contributed by atoms with Crippen molar-refractivity contribution in [2.24, 2.45) is 39.8 Å². The standard InChI is InChI=1S/C54H79N15O13S/c1-28(2)21-39(53(81)82)64-44(73)25-61-47(75)38(22-30-13-15-32(70)16-14-30)63-43(72)26-62-50(78)41-12-8-20-69(41)52(80)40(27-83)67-49(77)37(17-18-42(56)71)65-48(76)36(11-7-19-59-54(57)58)66-51(79)45(29(3)4)68-46(74)34(55)23-31-24-60-35-10-6-5-9-33(31)35/h5-6,9-10,13-16,24,28-29,34,36-41,45,60,70,83H,7-8,11-12,17-23,25-27,55H2,1-4H3,(H2,56,71)(H,61,75)(H,62,78)(H,63,72)(H,64,73)(H,65,76)(H,66,79)(H,67,77)(H,68,74)(H,81,82)(H4,57,58,59)/t34-,36-,37-,38-,39-,40-,41-,45-/m0/s1. The second-order valence-corrected chi connectivity index (χ2v) is 21.3. The predicted octanol–water partition coefficient (Wildman–Crippen LogP) is -2.85. The van der Waals surface area contributed by atoms with Crippen molar-refractivity contribution < 1.29 is 63.0 Å². The number of rotatable bonds is 33. The molecule has 8 atom stereocenters. The molecule has 1 aliphatic rings. The minimum Gasteiger partial charge on any atom is -0.508 e. The molecule has 0 saturated carbocycles. The van der Waals surface area contributed by atoms with Crippen molar-refractivity contribution in [3.05, 3.63) is 65.9 Å². The number of carboxylic acid groups (broad SMARTS) is 1. The first kappa shape index (κ1) is 67.0. The van der Waals surface area contributed by atoms with Crippen molar-refractivity contribution in [1.29, 1.82) is 0 Å². The second-order valence-electron chi connectivity index (χ2n) is 20.9. The van der Waals surface area contributed by atoms with Crippen LogP contribution in [0, 0.1) is 11.8 Å². The minimum absolute atomic E-state index is 0.0395. The molecule has 28 nitrogen and oxygen atoms in total. The average Bonchev–Trinajstić information content (AvgIpc) is 4.36. The summed E-state index contributed by atoms with van der Waals surface area (Å²) in [6.07, 6.45) is 1.68. The molecule has 0 aliphatic carbocycles. The predicted molar refractivity (Wildman–Crippen MR) is 308 cm³/mol. The number of carbonyl (C=O) groups excluding carboxylic acids is 10. The molecule has 19 N–H and O–H groups in total. The van der Waals surface area contributed by atoms with Gasteiger partial charge in [0.25, 0.3) is 0 Å². The quantitative estimate of drug-likeness (QED) is 0.0126. The highest BCUT2D eigenvalue weighted by Gasteiger charge is 2.39. The Hall–Kier alpha value is -8.47. The highest BCUT2D eigenvalue weighted by molar-refractivity contribution is 7.80. The lowest BCUT2D eigenvalue weighted by Gasteiger charge is -2.30. The lowest BCUT2D eigenvalue weighted by molar-refractivity contribution is -0.142. The van der Waals surface area contributed by atoms with Gasteiger partial charge in [0.15, 0.2) is 5.96 Å². The zero-order valence-electron chi connectivity index (χ0n) is 46.9. The first-order valence-electron chi connectivity index (χ1n) is 27.2. The third-order valence-corrected chi connectivity index (χ3v) is 13.8. The number of thiol groups is 1. The average molecular weight is 1180 g/mol. The highest BCUT2D eigenvalue weighted by atomic mass is 32.1. The SMILES string of the molecule is CC(C)C[C@H](NC(=O)CNC(=O)[C@H](Cc1ccc(O)cc1)NC(=O)CNC(=O)[C@@H]1CCCN1C(=O)[C@H](CS)NC(=O)[C@H](CCC(N)=O)NC(=O)[C@H](CCCN=C(N)N)NC(=O)[C@@H](NC(=O)[C@@H](N)Cc1c[nH]c2ccccc12)C(C)C)C(=O)O. The van der Waals surface area contributed by atoms with Crippen molar-refractivity contribution in [2.45, 2.75) is 134 Å². The van der Waals surface area contributed by atoms with E-state index in [1.54, 1.807) is 33.9 Å². The number of fused-ring (bicyclic) bond motifs is 1. The Morgan fingerprint density at radius 2 is 1.34 bits per heavy atom. The number of carbonyl (C=O) groups is 11. The zero-order chi connectivity index (χ0) is 61.5. The van der Waals surface area contributed by atoms with Crippen LogP contribution in [0.25, 0.3) is 10.9 Å². The molecule has 4 rings (SSSR count). The van der Waals surface area contributed by atoms with Crippen LogP contribution in [-0.2, 0) is 65.6 Å². The van der Waals surface area contributed by atoms with Crippen LogP contribution < -0.4 is 65.5 Å². The summed E-state index contributed by atoms with van der Waals surface area (Å²) in [4.78, 5) is 155. The molecule has 454 valence electrons. The molecule has 1 aliphatic heterocycles. The van der Waals surface area contributed by atoms with E-state index in [1.807, 2.05) is 24.3 Å². The number of hydrogen-bond donors (Lipinski definition) is 16. The van der Waals surface area contributed by atoms with Crippen LogP contribution in [0.4, 0.5) is 0 Å². The van der Waals surface area contributed by atoms with Gasteiger partial charge >= 0.3 is 5.97 Å². The van der Waals surface area contributed by atoms with Crippen molar-refractivity contribution in [2.75, 3.05) is 31.9 Å². The molecule has 29 heteroatoms. The Kier molecular flexibility index (Phi) is 26.5. The number of benzene rings is 2. The fraction of sp³-hybridized carbons (Fsp3) is 0.519. The largest absolute Gasteiger partial charge is 0.508 e. The van der Waals surface area contributed by atoms with E-state index in [9.17, 15) is 63.0 Å². The lowest BCUT2D eigenvalue weighted by atomic mass is 10.00. The fourth-order valence-electron chi connectivity index (χ4n) is 9.08. The van der Waals surface area contributed by atoms with Crippen LogP contribution in [0.5, 0.6) is 5.75 Å². The summed E-state index contributed by atoms with van der Waals surface area (Å²) in [5.74, 6) is -10.5. The molecule has 10 amide bonds.